The number of aromatic nitrogens is 2. The summed E-state index contributed by atoms with van der Waals surface area (Å²) in [6.45, 7) is 2.14. The molecule has 0 atom stereocenters. The van der Waals surface area contributed by atoms with Crippen LogP contribution in [0.4, 0.5) is 0 Å². The van der Waals surface area contributed by atoms with E-state index >= 15 is 0 Å². The van der Waals surface area contributed by atoms with Crippen molar-refractivity contribution >= 4 is 11.0 Å². The molecular weight excluding hydrogens is 236 g/mol. The topological polar surface area (TPSA) is 55.9 Å². The van der Waals surface area contributed by atoms with Gasteiger partial charge in [0.05, 0.1) is 17.4 Å². The maximum absolute atomic E-state index is 5.78. The lowest BCUT2D eigenvalue weighted by Crippen LogP contribution is -2.41. The van der Waals surface area contributed by atoms with Gasteiger partial charge >= 0.3 is 0 Å². The monoisotopic (exact) mass is 258 g/mol. The van der Waals surface area contributed by atoms with Gasteiger partial charge in [-0.1, -0.05) is 6.07 Å². The van der Waals surface area contributed by atoms with Crippen LogP contribution in [0, 0.1) is 5.92 Å². The molecule has 1 aromatic carbocycles. The van der Waals surface area contributed by atoms with Crippen molar-refractivity contribution < 1.29 is 0 Å². The fourth-order valence-corrected chi connectivity index (χ4v) is 2.83. The summed E-state index contributed by atoms with van der Waals surface area (Å²) in [7, 11) is 2.03. The van der Waals surface area contributed by atoms with Gasteiger partial charge in [-0.05, 0) is 56.0 Å². The number of rotatable bonds is 5. The quantitative estimate of drug-likeness (QED) is 0.798. The molecule has 0 aliphatic heterocycles. The Hall–Kier alpha value is -1.39. The van der Waals surface area contributed by atoms with Crippen LogP contribution >= 0.6 is 0 Å². The van der Waals surface area contributed by atoms with E-state index in [0.717, 1.165) is 30.9 Å². The van der Waals surface area contributed by atoms with Crippen LogP contribution in [0.2, 0.25) is 0 Å². The predicted molar refractivity (Wildman–Crippen MR) is 78.0 cm³/mol. The number of nitrogens with two attached hydrogens (primary N) is 1. The van der Waals surface area contributed by atoms with Crippen molar-refractivity contribution in [3.8, 4) is 0 Å². The first-order valence-electron chi connectivity index (χ1n) is 7.08. The highest BCUT2D eigenvalue weighted by atomic mass is 15.0. The molecular formula is C15H22N4. The number of benzene rings is 1. The number of hydrogen-bond donors (Lipinski definition) is 2. The molecule has 102 valence electrons. The lowest BCUT2D eigenvalue weighted by molar-refractivity contribution is 0.257. The Bertz CT molecular complexity index is 554. The normalized spacial score (nSPS) is 22.6. The van der Waals surface area contributed by atoms with E-state index in [4.69, 9.17) is 5.73 Å². The Kier molecular flexibility index (Phi) is 3.53. The van der Waals surface area contributed by atoms with Crippen molar-refractivity contribution in [3.63, 3.8) is 0 Å². The standard InChI is InChI=1S/C15H22N4/c1-19-10-18-14-8-11(2-3-15(14)19)4-5-17-9-12-6-13(16)7-12/h2-3,8,10,12-13,17H,4-7,9,16H2,1H3. The van der Waals surface area contributed by atoms with Crippen LogP contribution in [-0.4, -0.2) is 28.7 Å². The molecule has 0 amide bonds. The Balaban J connectivity index is 1.48. The summed E-state index contributed by atoms with van der Waals surface area (Å²) in [4.78, 5) is 4.39. The van der Waals surface area contributed by atoms with Crippen molar-refractivity contribution in [2.75, 3.05) is 13.1 Å². The van der Waals surface area contributed by atoms with Crippen molar-refractivity contribution in [1.82, 2.24) is 14.9 Å². The smallest absolute Gasteiger partial charge is 0.0955 e. The molecule has 1 heterocycles. The zero-order valence-corrected chi connectivity index (χ0v) is 11.5. The largest absolute Gasteiger partial charge is 0.334 e. The van der Waals surface area contributed by atoms with Gasteiger partial charge in [-0.15, -0.1) is 0 Å². The summed E-state index contributed by atoms with van der Waals surface area (Å²) in [5, 5.41) is 3.53. The first-order valence-corrected chi connectivity index (χ1v) is 7.08. The molecule has 0 saturated heterocycles. The summed E-state index contributed by atoms with van der Waals surface area (Å²) in [5.41, 5.74) is 9.42. The Morgan fingerprint density at radius 3 is 3.05 bits per heavy atom. The molecule has 4 nitrogen and oxygen atoms in total. The second kappa shape index (κ2) is 5.31. The third-order valence-corrected chi connectivity index (χ3v) is 4.09. The highest BCUT2D eigenvalue weighted by Crippen LogP contribution is 2.24. The molecule has 0 bridgehead atoms. The Labute approximate surface area is 114 Å². The van der Waals surface area contributed by atoms with Crippen LogP contribution in [-0.2, 0) is 13.5 Å². The minimum atomic E-state index is 0.457. The molecule has 1 aliphatic carbocycles. The van der Waals surface area contributed by atoms with E-state index < -0.39 is 0 Å². The van der Waals surface area contributed by atoms with Gasteiger partial charge in [0.25, 0.3) is 0 Å². The van der Waals surface area contributed by atoms with Crippen LogP contribution in [0.25, 0.3) is 11.0 Å². The molecule has 0 radical (unpaired) electrons. The van der Waals surface area contributed by atoms with Crippen molar-refractivity contribution in [2.24, 2.45) is 18.7 Å². The van der Waals surface area contributed by atoms with E-state index in [1.807, 2.05) is 13.4 Å². The minimum Gasteiger partial charge on any atom is -0.334 e. The zero-order valence-electron chi connectivity index (χ0n) is 11.5. The second-order valence-electron chi connectivity index (χ2n) is 5.73. The van der Waals surface area contributed by atoms with Crippen molar-refractivity contribution in [3.05, 3.63) is 30.1 Å². The van der Waals surface area contributed by atoms with Crippen LogP contribution < -0.4 is 11.1 Å². The zero-order chi connectivity index (χ0) is 13.2. The number of hydrogen-bond acceptors (Lipinski definition) is 3. The Morgan fingerprint density at radius 1 is 1.42 bits per heavy atom. The van der Waals surface area contributed by atoms with Gasteiger partial charge in [0.2, 0.25) is 0 Å². The molecule has 1 saturated carbocycles. The van der Waals surface area contributed by atoms with E-state index in [1.54, 1.807) is 0 Å². The van der Waals surface area contributed by atoms with Gasteiger partial charge in [-0.2, -0.15) is 0 Å². The molecule has 0 unspecified atom stereocenters. The summed E-state index contributed by atoms with van der Waals surface area (Å²) in [6, 6.07) is 7.00. The summed E-state index contributed by atoms with van der Waals surface area (Å²) in [5.74, 6) is 0.799. The number of nitrogens with zero attached hydrogens (tertiary/aromatic N) is 2. The molecule has 3 rings (SSSR count). The highest BCUT2D eigenvalue weighted by Gasteiger charge is 2.24. The van der Waals surface area contributed by atoms with Crippen molar-refractivity contribution in [1.29, 1.82) is 0 Å². The van der Waals surface area contributed by atoms with Crippen molar-refractivity contribution in [2.45, 2.75) is 25.3 Å². The van der Waals surface area contributed by atoms with Gasteiger partial charge in [-0.3, -0.25) is 0 Å². The summed E-state index contributed by atoms with van der Waals surface area (Å²) < 4.78 is 2.05. The van der Waals surface area contributed by atoms with Gasteiger partial charge in [0.15, 0.2) is 0 Å². The fraction of sp³-hybridized carbons (Fsp3) is 0.533. The minimum absolute atomic E-state index is 0.457. The van der Waals surface area contributed by atoms with Crippen LogP contribution in [0.3, 0.4) is 0 Å². The third kappa shape index (κ3) is 2.80. The molecule has 3 N–H and O–H groups in total. The molecule has 19 heavy (non-hydrogen) atoms. The van der Waals surface area contributed by atoms with E-state index in [2.05, 4.69) is 33.1 Å². The predicted octanol–water partition coefficient (Wildman–Crippen LogP) is 1.44. The van der Waals surface area contributed by atoms with Crippen LogP contribution in [0.5, 0.6) is 0 Å². The molecule has 1 aromatic heterocycles. The average Bonchev–Trinajstić information content (AvgIpc) is 2.73. The Morgan fingerprint density at radius 2 is 2.26 bits per heavy atom. The molecule has 0 spiro atoms. The second-order valence-corrected chi connectivity index (χ2v) is 5.73. The maximum atomic E-state index is 5.78. The maximum Gasteiger partial charge on any atom is 0.0955 e. The van der Waals surface area contributed by atoms with Crippen LogP contribution in [0.1, 0.15) is 18.4 Å². The molecule has 2 aromatic rings. The number of aryl methyl sites for hydroxylation is 1. The number of fused-ring (bicyclic) bond motifs is 1. The van der Waals surface area contributed by atoms with E-state index in [1.165, 1.54) is 23.9 Å². The molecule has 4 heteroatoms. The van der Waals surface area contributed by atoms with E-state index in [-0.39, 0.29) is 0 Å². The lowest BCUT2D eigenvalue weighted by atomic mass is 9.81. The van der Waals surface area contributed by atoms with Crippen LogP contribution in [0.15, 0.2) is 24.5 Å². The molecule has 1 fully saturated rings. The summed E-state index contributed by atoms with van der Waals surface area (Å²) in [6.07, 6.45) is 5.30. The first kappa shape index (κ1) is 12.6. The first-order chi connectivity index (χ1) is 9.22. The number of nitrogens with one attached hydrogen (secondary N) is 1. The number of imidazole rings is 1. The van der Waals surface area contributed by atoms with E-state index in [9.17, 15) is 0 Å². The van der Waals surface area contributed by atoms with Gasteiger partial charge in [0, 0.05) is 13.1 Å². The summed E-state index contributed by atoms with van der Waals surface area (Å²) >= 11 is 0. The highest BCUT2D eigenvalue weighted by molar-refractivity contribution is 5.75. The lowest BCUT2D eigenvalue weighted by Gasteiger charge is -2.32. The fourth-order valence-electron chi connectivity index (χ4n) is 2.83. The average molecular weight is 258 g/mol. The third-order valence-electron chi connectivity index (χ3n) is 4.09. The SMILES string of the molecule is Cn1cnc2cc(CCNCC3CC(N)C3)ccc21. The van der Waals surface area contributed by atoms with Gasteiger partial charge < -0.3 is 15.6 Å². The molecule has 1 aliphatic rings. The van der Waals surface area contributed by atoms with E-state index in [0.29, 0.717) is 6.04 Å². The van der Waals surface area contributed by atoms with Gasteiger partial charge in [-0.25, -0.2) is 4.98 Å². The van der Waals surface area contributed by atoms with Gasteiger partial charge in [0.1, 0.15) is 0 Å².